The number of carboxylic acid groups (broad SMARTS) is 1. The Kier molecular flexibility index (Phi) is 6.97. The summed E-state index contributed by atoms with van der Waals surface area (Å²) in [5.41, 5.74) is 3.34. The average Bonchev–Trinajstić information content (AvgIpc) is 3.53. The molecule has 2 aromatic heterocycles. The lowest BCUT2D eigenvalue weighted by molar-refractivity contribution is -0.136. The molecule has 0 amide bonds. The molecule has 2 aromatic carbocycles. The molecule has 170 valence electrons. The van der Waals surface area contributed by atoms with E-state index in [1.54, 1.807) is 16.3 Å². The fourth-order valence-electron chi connectivity index (χ4n) is 3.39. The summed E-state index contributed by atoms with van der Waals surface area (Å²) in [6.45, 7) is 0.310. The van der Waals surface area contributed by atoms with E-state index in [4.69, 9.17) is 5.11 Å². The van der Waals surface area contributed by atoms with Gasteiger partial charge in [0.25, 0.3) is 10.0 Å². The van der Waals surface area contributed by atoms with E-state index in [1.807, 2.05) is 60.8 Å². The van der Waals surface area contributed by atoms with Crippen LogP contribution >= 0.6 is 11.3 Å². The summed E-state index contributed by atoms with van der Waals surface area (Å²) >= 11 is 1.08. The first-order chi connectivity index (χ1) is 15.9. The van der Waals surface area contributed by atoms with Crippen LogP contribution < -0.4 is 0 Å². The number of carboxylic acids is 1. The molecule has 0 bridgehead atoms. The second-order valence-corrected chi connectivity index (χ2v) is 10.4. The molecule has 10 heteroatoms. The van der Waals surface area contributed by atoms with Gasteiger partial charge in [0.15, 0.2) is 0 Å². The van der Waals surface area contributed by atoms with Crippen molar-refractivity contribution in [1.82, 2.24) is 19.1 Å². The Labute approximate surface area is 195 Å². The van der Waals surface area contributed by atoms with Crippen molar-refractivity contribution in [3.8, 4) is 5.69 Å². The summed E-state index contributed by atoms with van der Waals surface area (Å²) in [6, 6.07) is 16.7. The smallest absolute Gasteiger partial charge is 0.303 e. The van der Waals surface area contributed by atoms with Crippen LogP contribution in [0.25, 0.3) is 5.69 Å². The van der Waals surface area contributed by atoms with E-state index < -0.39 is 16.0 Å². The van der Waals surface area contributed by atoms with Crippen molar-refractivity contribution in [2.45, 2.75) is 30.3 Å². The van der Waals surface area contributed by atoms with Crippen molar-refractivity contribution in [3.63, 3.8) is 0 Å². The van der Waals surface area contributed by atoms with Crippen LogP contribution in [-0.2, 0) is 34.3 Å². The summed E-state index contributed by atoms with van der Waals surface area (Å²) < 4.78 is 29.8. The fourth-order valence-corrected chi connectivity index (χ4v) is 5.77. The van der Waals surface area contributed by atoms with Crippen LogP contribution in [0, 0.1) is 0 Å². The minimum absolute atomic E-state index is 0.0210. The summed E-state index contributed by atoms with van der Waals surface area (Å²) in [7, 11) is -3.82. The highest BCUT2D eigenvalue weighted by Crippen LogP contribution is 2.23. The van der Waals surface area contributed by atoms with Gasteiger partial charge >= 0.3 is 5.97 Å². The van der Waals surface area contributed by atoms with Crippen LogP contribution in [0.5, 0.6) is 0 Å². The van der Waals surface area contributed by atoms with Gasteiger partial charge < -0.3 is 5.11 Å². The van der Waals surface area contributed by atoms with Gasteiger partial charge in [0.2, 0.25) is 4.34 Å². The zero-order valence-electron chi connectivity index (χ0n) is 17.6. The van der Waals surface area contributed by atoms with Crippen molar-refractivity contribution in [3.05, 3.63) is 95.3 Å². The zero-order valence-corrected chi connectivity index (χ0v) is 19.2. The molecule has 0 saturated carbocycles. The van der Waals surface area contributed by atoms with E-state index >= 15 is 0 Å². The first-order valence-electron chi connectivity index (χ1n) is 10.2. The average molecular weight is 483 g/mol. The lowest BCUT2D eigenvalue weighted by Gasteiger charge is -2.21. The molecular weight excluding hydrogens is 460 g/mol. The van der Waals surface area contributed by atoms with Crippen LogP contribution in [0.4, 0.5) is 0 Å². The normalized spacial score (nSPS) is 11.7. The van der Waals surface area contributed by atoms with E-state index in [0.29, 0.717) is 6.42 Å². The third-order valence-electron chi connectivity index (χ3n) is 5.01. The SMILES string of the molecule is O=C(O)CCc1cccc(CN(Cc2ccc(-n3cccn3)cc2)S(=O)(=O)c2nccs2)c1. The molecule has 0 aliphatic heterocycles. The molecular formula is C23H22N4O4S2. The number of hydrogen-bond acceptors (Lipinski definition) is 6. The second-order valence-electron chi connectivity index (χ2n) is 7.40. The number of aromatic nitrogens is 3. The van der Waals surface area contributed by atoms with E-state index in [1.165, 1.54) is 10.5 Å². The van der Waals surface area contributed by atoms with Gasteiger partial charge in [0.1, 0.15) is 0 Å². The Morgan fingerprint density at radius 1 is 1.00 bits per heavy atom. The lowest BCUT2D eigenvalue weighted by Crippen LogP contribution is -2.30. The summed E-state index contributed by atoms with van der Waals surface area (Å²) in [6.07, 6.45) is 5.41. The highest BCUT2D eigenvalue weighted by molar-refractivity contribution is 7.91. The van der Waals surface area contributed by atoms with Gasteiger partial charge in [0, 0.05) is 43.5 Å². The van der Waals surface area contributed by atoms with Gasteiger partial charge in [-0.2, -0.15) is 9.40 Å². The van der Waals surface area contributed by atoms with E-state index in [9.17, 15) is 13.2 Å². The molecule has 33 heavy (non-hydrogen) atoms. The van der Waals surface area contributed by atoms with Crippen LogP contribution in [0.3, 0.4) is 0 Å². The van der Waals surface area contributed by atoms with Crippen molar-refractivity contribution < 1.29 is 18.3 Å². The molecule has 4 rings (SSSR count). The third-order valence-corrected chi connectivity index (χ3v) is 7.98. The van der Waals surface area contributed by atoms with Crippen molar-refractivity contribution in [2.24, 2.45) is 0 Å². The molecule has 0 spiro atoms. The Morgan fingerprint density at radius 2 is 1.76 bits per heavy atom. The van der Waals surface area contributed by atoms with Gasteiger partial charge in [-0.15, -0.1) is 11.3 Å². The molecule has 0 aliphatic rings. The Bertz CT molecular complexity index is 1300. The summed E-state index contributed by atoms with van der Waals surface area (Å²) in [4.78, 5) is 14.9. The predicted molar refractivity (Wildman–Crippen MR) is 125 cm³/mol. The van der Waals surface area contributed by atoms with Crippen molar-refractivity contribution >= 4 is 27.3 Å². The van der Waals surface area contributed by atoms with Crippen molar-refractivity contribution in [2.75, 3.05) is 0 Å². The minimum atomic E-state index is -3.82. The molecule has 0 atom stereocenters. The number of nitrogens with zero attached hydrogens (tertiary/aromatic N) is 4. The Morgan fingerprint density at radius 3 is 2.42 bits per heavy atom. The number of rotatable bonds is 10. The number of benzene rings is 2. The zero-order chi connectivity index (χ0) is 23.3. The summed E-state index contributed by atoms with van der Waals surface area (Å²) in [5.74, 6) is -0.869. The second kappa shape index (κ2) is 10.1. The molecule has 0 radical (unpaired) electrons. The number of sulfonamides is 1. The van der Waals surface area contributed by atoms with Gasteiger partial charge in [-0.05, 0) is 41.3 Å². The number of aryl methyl sites for hydroxylation is 1. The van der Waals surface area contributed by atoms with Gasteiger partial charge in [-0.3, -0.25) is 4.79 Å². The van der Waals surface area contributed by atoms with Crippen LogP contribution in [0.15, 0.2) is 82.9 Å². The molecule has 0 aliphatic carbocycles. The molecule has 1 N–H and O–H groups in total. The standard InChI is InChI=1S/C23H22N4O4S2/c28-22(29)10-7-18-3-1-4-20(15-18)17-26(33(30,31)23-24-12-14-32-23)16-19-5-8-21(9-6-19)27-13-2-11-25-27/h1-6,8-9,11-15H,7,10,16-17H2,(H,28,29). The maximum atomic E-state index is 13.3. The molecule has 0 unspecified atom stereocenters. The van der Waals surface area contributed by atoms with Gasteiger partial charge in [0.05, 0.1) is 5.69 Å². The van der Waals surface area contributed by atoms with E-state index in [0.717, 1.165) is 33.7 Å². The van der Waals surface area contributed by atoms with Crippen LogP contribution in [-0.4, -0.2) is 38.6 Å². The third kappa shape index (κ3) is 5.72. The Balaban J connectivity index is 1.59. The predicted octanol–water partition coefficient (Wildman–Crippen LogP) is 3.74. The highest BCUT2D eigenvalue weighted by atomic mass is 32.2. The van der Waals surface area contributed by atoms with Crippen LogP contribution in [0.1, 0.15) is 23.1 Å². The molecule has 2 heterocycles. The lowest BCUT2D eigenvalue weighted by atomic mass is 10.1. The van der Waals surface area contributed by atoms with E-state index in [2.05, 4.69) is 10.1 Å². The highest BCUT2D eigenvalue weighted by Gasteiger charge is 2.27. The quantitative estimate of drug-likeness (QED) is 0.369. The number of hydrogen-bond donors (Lipinski definition) is 1. The Hall–Kier alpha value is -3.34. The maximum absolute atomic E-state index is 13.3. The minimum Gasteiger partial charge on any atom is -0.481 e. The maximum Gasteiger partial charge on any atom is 0.303 e. The number of thiazole rings is 1. The molecule has 4 aromatic rings. The molecule has 8 nitrogen and oxygen atoms in total. The topological polar surface area (TPSA) is 105 Å². The number of carbonyl (C=O) groups is 1. The van der Waals surface area contributed by atoms with Crippen molar-refractivity contribution in [1.29, 1.82) is 0 Å². The van der Waals surface area contributed by atoms with Gasteiger partial charge in [-0.1, -0.05) is 36.4 Å². The van der Waals surface area contributed by atoms with E-state index in [-0.39, 0.29) is 23.8 Å². The molecule has 0 saturated heterocycles. The monoisotopic (exact) mass is 482 g/mol. The summed E-state index contributed by atoms with van der Waals surface area (Å²) in [5, 5.41) is 14.8. The molecule has 0 fully saturated rings. The first-order valence-corrected chi connectivity index (χ1v) is 12.5. The van der Waals surface area contributed by atoms with Crippen LogP contribution in [0.2, 0.25) is 0 Å². The number of aliphatic carboxylic acids is 1. The first kappa shape index (κ1) is 22.8. The largest absolute Gasteiger partial charge is 0.481 e. The van der Waals surface area contributed by atoms with Gasteiger partial charge in [-0.25, -0.2) is 18.1 Å². The fraction of sp³-hybridized carbons (Fsp3) is 0.174.